The molecule has 0 N–H and O–H groups in total. The van der Waals surface area contributed by atoms with Crippen molar-refractivity contribution in [2.75, 3.05) is 55.0 Å². The van der Waals surface area contributed by atoms with E-state index in [4.69, 9.17) is 0 Å². The molecule has 0 saturated heterocycles. The van der Waals surface area contributed by atoms with Gasteiger partial charge in [0.25, 0.3) is 0 Å². The van der Waals surface area contributed by atoms with Crippen LogP contribution in [0.2, 0.25) is 0 Å². The van der Waals surface area contributed by atoms with Gasteiger partial charge in [-0.05, 0) is 41.2 Å². The van der Waals surface area contributed by atoms with Crippen molar-refractivity contribution in [3.05, 3.63) is 0 Å². The predicted octanol–water partition coefficient (Wildman–Crippen LogP) is 0.635. The molecule has 0 rings (SSSR count). The Kier molecular flexibility index (Phi) is 6.29. The minimum atomic E-state index is 0.736. The topological polar surface area (TPSA) is 9.72 Å². The Morgan fingerprint density at radius 3 is 1.77 bits per heavy atom. The first-order chi connectivity index (χ1) is 5.91. The molecule has 1 atom stereocenters. The molecule has 0 aromatic heterocycles. The van der Waals surface area contributed by atoms with E-state index in [1.54, 1.807) is 0 Å². The third-order valence-electron chi connectivity index (χ3n) is 1.82. The van der Waals surface area contributed by atoms with Gasteiger partial charge in [0, 0.05) is 19.8 Å². The van der Waals surface area contributed by atoms with Crippen LogP contribution in [0.15, 0.2) is 0 Å². The lowest BCUT2D eigenvalue weighted by Crippen LogP contribution is -2.36. The van der Waals surface area contributed by atoms with Crippen molar-refractivity contribution in [1.82, 2.24) is 14.7 Å². The zero-order valence-electron chi connectivity index (χ0n) is 10.0. The third kappa shape index (κ3) is 8.22. The highest BCUT2D eigenvalue weighted by atomic mass is 15.3. The van der Waals surface area contributed by atoms with Crippen LogP contribution in [0.1, 0.15) is 6.92 Å². The van der Waals surface area contributed by atoms with E-state index in [2.05, 4.69) is 56.9 Å². The smallest absolute Gasteiger partial charge is 0.0498 e. The summed E-state index contributed by atoms with van der Waals surface area (Å²) in [5, 5.41) is 0. The molecule has 3 heteroatoms. The van der Waals surface area contributed by atoms with Gasteiger partial charge in [0.15, 0.2) is 0 Å². The Bertz CT molecular complexity index is 109. The minimum absolute atomic E-state index is 0.736. The van der Waals surface area contributed by atoms with E-state index >= 15 is 0 Å². The van der Waals surface area contributed by atoms with E-state index in [1.165, 1.54) is 0 Å². The fourth-order valence-corrected chi connectivity index (χ4v) is 1.75. The molecule has 0 spiro atoms. The fourth-order valence-electron chi connectivity index (χ4n) is 1.75. The van der Waals surface area contributed by atoms with Gasteiger partial charge in [-0.3, -0.25) is 9.80 Å². The highest BCUT2D eigenvalue weighted by Crippen LogP contribution is 1.99. The quantitative estimate of drug-likeness (QED) is 0.565. The van der Waals surface area contributed by atoms with Crippen LogP contribution in [0.4, 0.5) is 0 Å². The molecule has 1 unspecified atom stereocenters. The van der Waals surface area contributed by atoms with Crippen molar-refractivity contribution in [3.8, 4) is 0 Å². The Morgan fingerprint density at radius 2 is 1.38 bits per heavy atom. The lowest BCUT2D eigenvalue weighted by atomic mass is 10.1. The maximum atomic E-state index is 2.36. The largest absolute Gasteiger partial charge is 0.309 e. The van der Waals surface area contributed by atoms with Crippen molar-refractivity contribution >= 4 is 0 Å². The summed E-state index contributed by atoms with van der Waals surface area (Å²) in [5.41, 5.74) is 0. The Morgan fingerprint density at radius 1 is 0.846 bits per heavy atom. The van der Waals surface area contributed by atoms with E-state index in [0.717, 1.165) is 25.7 Å². The monoisotopic (exact) mass is 187 g/mol. The van der Waals surface area contributed by atoms with Crippen LogP contribution in [0.25, 0.3) is 0 Å². The summed E-state index contributed by atoms with van der Waals surface area (Å²) in [4.78, 5) is 6.80. The van der Waals surface area contributed by atoms with Crippen LogP contribution in [-0.4, -0.2) is 69.7 Å². The first kappa shape index (κ1) is 12.9. The van der Waals surface area contributed by atoms with E-state index in [9.17, 15) is 0 Å². The number of rotatable bonds is 6. The molecular formula is C10H25N3. The molecule has 0 radical (unpaired) electrons. The summed E-state index contributed by atoms with van der Waals surface area (Å²) in [6, 6.07) is 0. The maximum Gasteiger partial charge on any atom is 0.0498 e. The highest BCUT2D eigenvalue weighted by molar-refractivity contribution is 4.60. The SMILES string of the molecule is CC(CN(C)C)CN(C)CN(C)C. The molecule has 3 nitrogen and oxygen atoms in total. The molecule has 0 aliphatic carbocycles. The van der Waals surface area contributed by atoms with Gasteiger partial charge in [-0.2, -0.15) is 0 Å². The van der Waals surface area contributed by atoms with Gasteiger partial charge < -0.3 is 4.90 Å². The first-order valence-electron chi connectivity index (χ1n) is 4.89. The number of hydrogen-bond donors (Lipinski definition) is 0. The van der Waals surface area contributed by atoms with Gasteiger partial charge >= 0.3 is 0 Å². The van der Waals surface area contributed by atoms with E-state index in [1.807, 2.05) is 0 Å². The summed E-state index contributed by atoms with van der Waals surface area (Å²) in [6.07, 6.45) is 0. The first-order valence-corrected chi connectivity index (χ1v) is 4.89. The molecule has 0 aliphatic rings. The van der Waals surface area contributed by atoms with Crippen molar-refractivity contribution in [2.24, 2.45) is 5.92 Å². The molecule has 0 amide bonds. The van der Waals surface area contributed by atoms with E-state index in [-0.39, 0.29) is 0 Å². The average molecular weight is 187 g/mol. The Labute approximate surface area is 83.3 Å². The number of nitrogens with zero attached hydrogens (tertiary/aromatic N) is 3. The van der Waals surface area contributed by atoms with Gasteiger partial charge in [-0.15, -0.1) is 0 Å². The second-order valence-corrected chi connectivity index (χ2v) is 4.63. The molecule has 0 heterocycles. The molecule has 0 saturated carbocycles. The summed E-state index contributed by atoms with van der Waals surface area (Å²) < 4.78 is 0. The molecule has 0 bridgehead atoms. The summed E-state index contributed by atoms with van der Waals surface area (Å²) in [5.74, 6) is 0.736. The standard InChI is InChI=1S/C10H25N3/c1-10(7-11(2)3)8-13(6)9-12(4)5/h10H,7-9H2,1-6H3. The van der Waals surface area contributed by atoms with Gasteiger partial charge in [0.2, 0.25) is 0 Å². The van der Waals surface area contributed by atoms with Crippen LogP contribution < -0.4 is 0 Å². The minimum Gasteiger partial charge on any atom is -0.309 e. The average Bonchev–Trinajstić information content (AvgIpc) is 1.80. The molecule has 0 aliphatic heterocycles. The van der Waals surface area contributed by atoms with Crippen molar-refractivity contribution in [3.63, 3.8) is 0 Å². The fraction of sp³-hybridized carbons (Fsp3) is 1.00. The lowest BCUT2D eigenvalue weighted by molar-refractivity contribution is 0.176. The molecule has 0 fully saturated rings. The second-order valence-electron chi connectivity index (χ2n) is 4.63. The summed E-state index contributed by atoms with van der Waals surface area (Å²) in [6.45, 7) is 5.66. The second kappa shape index (κ2) is 6.35. The van der Waals surface area contributed by atoms with E-state index < -0.39 is 0 Å². The predicted molar refractivity (Wildman–Crippen MR) is 58.9 cm³/mol. The van der Waals surface area contributed by atoms with Crippen molar-refractivity contribution in [1.29, 1.82) is 0 Å². The van der Waals surface area contributed by atoms with Gasteiger partial charge in [0.05, 0.1) is 0 Å². The normalized spacial score (nSPS) is 14.5. The molecule has 80 valence electrons. The van der Waals surface area contributed by atoms with Crippen LogP contribution in [0, 0.1) is 5.92 Å². The zero-order valence-corrected chi connectivity index (χ0v) is 10.0. The van der Waals surface area contributed by atoms with Crippen LogP contribution in [0.3, 0.4) is 0 Å². The Hall–Kier alpha value is -0.120. The van der Waals surface area contributed by atoms with Crippen LogP contribution in [-0.2, 0) is 0 Å². The highest BCUT2D eigenvalue weighted by Gasteiger charge is 2.07. The molecule has 0 aromatic rings. The Balaban J connectivity index is 3.58. The van der Waals surface area contributed by atoms with Gasteiger partial charge in [0.1, 0.15) is 0 Å². The molecular weight excluding hydrogens is 162 g/mol. The zero-order chi connectivity index (χ0) is 10.4. The van der Waals surface area contributed by atoms with E-state index in [0.29, 0.717) is 0 Å². The third-order valence-corrected chi connectivity index (χ3v) is 1.82. The lowest BCUT2D eigenvalue weighted by Gasteiger charge is -2.25. The molecule has 0 aromatic carbocycles. The molecule has 13 heavy (non-hydrogen) atoms. The van der Waals surface area contributed by atoms with Crippen LogP contribution >= 0.6 is 0 Å². The number of hydrogen-bond acceptors (Lipinski definition) is 3. The van der Waals surface area contributed by atoms with Crippen molar-refractivity contribution < 1.29 is 0 Å². The van der Waals surface area contributed by atoms with Crippen molar-refractivity contribution in [2.45, 2.75) is 6.92 Å². The van der Waals surface area contributed by atoms with Crippen LogP contribution in [0.5, 0.6) is 0 Å². The summed E-state index contributed by atoms with van der Waals surface area (Å²) >= 11 is 0. The van der Waals surface area contributed by atoms with Gasteiger partial charge in [-0.25, -0.2) is 0 Å². The van der Waals surface area contributed by atoms with Gasteiger partial charge in [-0.1, -0.05) is 6.92 Å². The summed E-state index contributed by atoms with van der Waals surface area (Å²) in [7, 11) is 10.6. The maximum absolute atomic E-state index is 2.36.